The zero-order valence-electron chi connectivity index (χ0n) is 19.4. The van der Waals surface area contributed by atoms with Crippen molar-refractivity contribution in [2.45, 2.75) is 37.5 Å². The summed E-state index contributed by atoms with van der Waals surface area (Å²) in [6, 6.07) is 9.28. The molecule has 1 aliphatic carbocycles. The molecule has 0 saturated carbocycles. The molecule has 3 aliphatic rings. The molecular formula is C26H21F3N4O4. The third kappa shape index (κ3) is 4.44. The second kappa shape index (κ2) is 9.37. The molecule has 2 aliphatic heterocycles. The average molecular weight is 510 g/mol. The monoisotopic (exact) mass is 510 g/mol. The van der Waals surface area contributed by atoms with Crippen LogP contribution in [0, 0.1) is 11.3 Å². The molecule has 4 amide bonds. The van der Waals surface area contributed by atoms with Crippen LogP contribution in [0.25, 0.3) is 0 Å². The number of nitrogens with one attached hydrogen (secondary N) is 1. The lowest BCUT2D eigenvalue weighted by atomic mass is 9.83. The van der Waals surface area contributed by atoms with Gasteiger partial charge in [-0.1, -0.05) is 18.2 Å². The van der Waals surface area contributed by atoms with Crippen molar-refractivity contribution in [2.24, 2.45) is 0 Å². The molecule has 1 saturated heterocycles. The van der Waals surface area contributed by atoms with Gasteiger partial charge in [0, 0.05) is 17.7 Å². The lowest BCUT2D eigenvalue weighted by molar-refractivity contribution is -0.137. The normalized spacial score (nSPS) is 20.3. The van der Waals surface area contributed by atoms with Gasteiger partial charge >= 0.3 is 18.2 Å². The molecule has 5 rings (SSSR count). The average Bonchev–Trinajstić information content (AvgIpc) is 2.85. The highest BCUT2D eigenvalue weighted by Crippen LogP contribution is 2.44. The number of Topliss-reactive ketones (excluding diaryl/α,β-unsaturated/α-hetero) is 1. The Morgan fingerprint density at radius 3 is 2.43 bits per heavy atom. The number of ether oxygens (including phenoxy) is 1. The van der Waals surface area contributed by atoms with Crippen LogP contribution in [0.4, 0.5) is 28.4 Å². The number of halogens is 3. The lowest BCUT2D eigenvalue weighted by Crippen LogP contribution is -2.60. The van der Waals surface area contributed by atoms with Gasteiger partial charge in [0.15, 0.2) is 5.78 Å². The van der Waals surface area contributed by atoms with Crippen LogP contribution in [-0.2, 0) is 15.7 Å². The predicted octanol–water partition coefficient (Wildman–Crippen LogP) is 4.68. The summed E-state index contributed by atoms with van der Waals surface area (Å²) in [7, 11) is 0. The first-order chi connectivity index (χ1) is 17.7. The maximum Gasteiger partial charge on any atom is 0.416 e. The number of nitrogens with zero attached hydrogens (tertiary/aromatic N) is 3. The Hall–Kier alpha value is -4.17. The SMILES string of the molecule is N#Cc1ccc(C2C3=C(CCCC3=O)N(c3cccc(C(F)(F)F)c3)C(=O)N2C(=O)NC2COC2)cc1. The minimum absolute atomic E-state index is 0.0925. The highest BCUT2D eigenvalue weighted by Gasteiger charge is 2.48. The number of alkyl halides is 3. The minimum atomic E-state index is -4.65. The van der Waals surface area contributed by atoms with Gasteiger partial charge in [-0.2, -0.15) is 18.4 Å². The van der Waals surface area contributed by atoms with Gasteiger partial charge in [-0.15, -0.1) is 0 Å². The van der Waals surface area contributed by atoms with Gasteiger partial charge in [0.1, 0.15) is 0 Å². The highest BCUT2D eigenvalue weighted by molar-refractivity contribution is 6.11. The number of ketones is 1. The van der Waals surface area contributed by atoms with E-state index in [2.05, 4.69) is 5.32 Å². The van der Waals surface area contributed by atoms with Crippen LogP contribution >= 0.6 is 0 Å². The Morgan fingerprint density at radius 2 is 1.81 bits per heavy atom. The molecule has 0 aromatic heterocycles. The van der Waals surface area contributed by atoms with E-state index in [9.17, 15) is 32.8 Å². The van der Waals surface area contributed by atoms with Crippen molar-refractivity contribution >= 4 is 23.5 Å². The first-order valence-corrected chi connectivity index (χ1v) is 11.6. The fourth-order valence-corrected chi connectivity index (χ4v) is 4.76. The van der Waals surface area contributed by atoms with E-state index in [0.717, 1.165) is 21.9 Å². The number of amides is 4. The molecule has 37 heavy (non-hydrogen) atoms. The third-order valence-corrected chi connectivity index (χ3v) is 6.60. The van der Waals surface area contributed by atoms with Gasteiger partial charge in [0.2, 0.25) is 0 Å². The van der Waals surface area contributed by atoms with Crippen LogP contribution in [0.1, 0.15) is 42.0 Å². The smallest absolute Gasteiger partial charge is 0.377 e. The second-order valence-electron chi connectivity index (χ2n) is 8.99. The van der Waals surface area contributed by atoms with Crippen LogP contribution < -0.4 is 10.2 Å². The molecule has 1 atom stereocenters. The Morgan fingerprint density at radius 1 is 1.08 bits per heavy atom. The van der Waals surface area contributed by atoms with Crippen LogP contribution in [0.15, 0.2) is 59.8 Å². The summed E-state index contributed by atoms with van der Waals surface area (Å²) in [6.45, 7) is 0.499. The number of nitriles is 1. The first-order valence-electron chi connectivity index (χ1n) is 11.6. The molecule has 0 bridgehead atoms. The number of imide groups is 1. The largest absolute Gasteiger partial charge is 0.416 e. The molecule has 2 aromatic rings. The van der Waals surface area contributed by atoms with Crippen molar-refractivity contribution < 1.29 is 32.3 Å². The van der Waals surface area contributed by atoms with E-state index in [1.54, 1.807) is 12.1 Å². The number of anilines is 1. The van der Waals surface area contributed by atoms with E-state index in [1.807, 2.05) is 6.07 Å². The molecule has 1 N–H and O–H groups in total. The minimum Gasteiger partial charge on any atom is -0.377 e. The molecule has 1 fully saturated rings. The fraction of sp³-hybridized carbons (Fsp3) is 0.308. The summed E-state index contributed by atoms with van der Waals surface area (Å²) in [4.78, 5) is 42.6. The summed E-state index contributed by atoms with van der Waals surface area (Å²) in [5.74, 6) is -0.301. The predicted molar refractivity (Wildman–Crippen MR) is 124 cm³/mol. The Bertz CT molecular complexity index is 1340. The van der Waals surface area contributed by atoms with Crippen molar-refractivity contribution in [3.63, 3.8) is 0 Å². The van der Waals surface area contributed by atoms with E-state index in [0.29, 0.717) is 17.5 Å². The Balaban J connectivity index is 1.69. The number of hydrogen-bond acceptors (Lipinski definition) is 5. The van der Waals surface area contributed by atoms with Gasteiger partial charge in [0.05, 0.1) is 48.2 Å². The molecule has 2 aromatic carbocycles. The van der Waals surface area contributed by atoms with E-state index in [1.165, 1.54) is 24.3 Å². The third-order valence-electron chi connectivity index (χ3n) is 6.60. The molecule has 0 spiro atoms. The number of hydrogen-bond donors (Lipinski definition) is 1. The van der Waals surface area contributed by atoms with Crippen LogP contribution in [0.3, 0.4) is 0 Å². The summed E-state index contributed by atoms with van der Waals surface area (Å²) in [6.07, 6.45) is -3.81. The number of carbonyl (C=O) groups excluding carboxylic acids is 3. The number of rotatable bonds is 3. The zero-order valence-corrected chi connectivity index (χ0v) is 19.4. The topological polar surface area (TPSA) is 103 Å². The van der Waals surface area contributed by atoms with Gasteiger partial charge in [-0.3, -0.25) is 9.69 Å². The molecule has 2 heterocycles. The summed E-state index contributed by atoms with van der Waals surface area (Å²) in [5.41, 5.74) is 0.171. The van der Waals surface area contributed by atoms with Crippen molar-refractivity contribution in [3.8, 4) is 6.07 Å². The molecule has 190 valence electrons. The maximum absolute atomic E-state index is 14.0. The van der Waals surface area contributed by atoms with Crippen molar-refractivity contribution in [2.75, 3.05) is 18.1 Å². The Labute approximate surface area is 209 Å². The van der Waals surface area contributed by atoms with Crippen molar-refractivity contribution in [1.82, 2.24) is 10.2 Å². The van der Waals surface area contributed by atoms with Crippen molar-refractivity contribution in [1.29, 1.82) is 5.26 Å². The van der Waals surface area contributed by atoms with E-state index in [-0.39, 0.29) is 54.8 Å². The van der Waals surface area contributed by atoms with E-state index < -0.39 is 29.8 Å². The summed E-state index contributed by atoms with van der Waals surface area (Å²) in [5, 5.41) is 11.9. The zero-order chi connectivity index (χ0) is 26.3. The molecular weight excluding hydrogens is 489 g/mol. The van der Waals surface area contributed by atoms with Crippen molar-refractivity contribution in [3.05, 3.63) is 76.5 Å². The van der Waals surface area contributed by atoms with Crippen LogP contribution in [0.5, 0.6) is 0 Å². The van der Waals surface area contributed by atoms with E-state index in [4.69, 9.17) is 4.74 Å². The maximum atomic E-state index is 14.0. The highest BCUT2D eigenvalue weighted by atomic mass is 19.4. The standard InChI is InChI=1S/C26H21F3N4O4/c27-26(28,29)17-3-1-4-19(11-17)32-20-5-2-6-21(34)22(20)23(16-9-7-15(12-30)8-10-16)33(25(32)36)24(35)31-18-13-37-14-18/h1,3-4,7-11,18,23H,2,5-6,13-14H2,(H,31,35). The van der Waals surface area contributed by atoms with Gasteiger partial charge < -0.3 is 10.1 Å². The second-order valence-corrected chi connectivity index (χ2v) is 8.99. The molecule has 11 heteroatoms. The quantitative estimate of drug-likeness (QED) is 0.646. The first kappa shape index (κ1) is 24.5. The Kier molecular flexibility index (Phi) is 6.21. The number of benzene rings is 2. The van der Waals surface area contributed by atoms with Crippen LogP contribution in [0.2, 0.25) is 0 Å². The molecule has 0 radical (unpaired) electrons. The number of carbonyl (C=O) groups is 3. The van der Waals surface area contributed by atoms with Crippen LogP contribution in [-0.4, -0.2) is 42.0 Å². The van der Waals surface area contributed by atoms with Gasteiger partial charge in [0.25, 0.3) is 0 Å². The lowest BCUT2D eigenvalue weighted by Gasteiger charge is -2.44. The summed E-state index contributed by atoms with van der Waals surface area (Å²) < 4.78 is 45.6. The summed E-state index contributed by atoms with van der Waals surface area (Å²) >= 11 is 0. The fourth-order valence-electron chi connectivity index (χ4n) is 4.76. The molecule has 1 unspecified atom stereocenters. The molecule has 8 nitrogen and oxygen atoms in total. The number of urea groups is 2. The number of allylic oxidation sites excluding steroid dienone is 1. The van der Waals surface area contributed by atoms with E-state index >= 15 is 0 Å². The van der Waals surface area contributed by atoms with Gasteiger partial charge in [-0.25, -0.2) is 14.5 Å². The van der Waals surface area contributed by atoms with Gasteiger partial charge in [-0.05, 0) is 48.7 Å².